The van der Waals surface area contributed by atoms with Crippen molar-refractivity contribution in [3.8, 4) is 11.5 Å². The maximum Gasteiger partial charge on any atom is 0.269 e. The number of carbonyl (C=O) groups excluding carboxylic acids is 1. The van der Waals surface area contributed by atoms with E-state index in [9.17, 15) is 14.9 Å². The Labute approximate surface area is 152 Å². The summed E-state index contributed by atoms with van der Waals surface area (Å²) < 4.78 is 10.9. The van der Waals surface area contributed by atoms with Crippen LogP contribution >= 0.6 is 0 Å². The van der Waals surface area contributed by atoms with Crippen molar-refractivity contribution in [3.05, 3.63) is 58.6 Å². The van der Waals surface area contributed by atoms with Crippen LogP contribution in [-0.2, 0) is 4.79 Å². The molecule has 2 aromatic carbocycles. The van der Waals surface area contributed by atoms with E-state index >= 15 is 0 Å². The Hall–Kier alpha value is -3.09. The van der Waals surface area contributed by atoms with Crippen molar-refractivity contribution < 1.29 is 19.2 Å². The number of benzene rings is 2. The summed E-state index contributed by atoms with van der Waals surface area (Å²) in [7, 11) is 0. The SMILES string of the molecule is CC(C)CCOc1ccc(NC(=O)COc2ccc([N+](=O)[O-])cc2)cc1. The number of rotatable bonds is 9. The first-order valence-corrected chi connectivity index (χ1v) is 8.34. The molecule has 0 aromatic heterocycles. The molecular weight excluding hydrogens is 336 g/mol. The number of non-ortho nitro benzene ring substituents is 1. The van der Waals surface area contributed by atoms with E-state index < -0.39 is 4.92 Å². The number of carbonyl (C=O) groups is 1. The van der Waals surface area contributed by atoms with E-state index in [4.69, 9.17) is 9.47 Å². The summed E-state index contributed by atoms with van der Waals surface area (Å²) in [5.74, 6) is 1.41. The van der Waals surface area contributed by atoms with E-state index in [2.05, 4.69) is 19.2 Å². The molecule has 0 atom stereocenters. The van der Waals surface area contributed by atoms with Gasteiger partial charge in [0.15, 0.2) is 6.61 Å². The minimum absolute atomic E-state index is 0.0301. The highest BCUT2D eigenvalue weighted by atomic mass is 16.6. The van der Waals surface area contributed by atoms with Crippen LogP contribution in [0, 0.1) is 16.0 Å². The number of ether oxygens (including phenoxy) is 2. The molecule has 138 valence electrons. The average Bonchev–Trinajstić information content (AvgIpc) is 2.61. The summed E-state index contributed by atoms with van der Waals surface area (Å²) in [5.41, 5.74) is 0.607. The lowest BCUT2D eigenvalue weighted by Gasteiger charge is -2.10. The van der Waals surface area contributed by atoms with Crippen LogP contribution in [0.5, 0.6) is 11.5 Å². The zero-order valence-electron chi connectivity index (χ0n) is 14.8. The smallest absolute Gasteiger partial charge is 0.269 e. The van der Waals surface area contributed by atoms with Gasteiger partial charge in [0.2, 0.25) is 0 Å². The van der Waals surface area contributed by atoms with Gasteiger partial charge in [0, 0.05) is 17.8 Å². The van der Waals surface area contributed by atoms with Gasteiger partial charge >= 0.3 is 0 Å². The summed E-state index contributed by atoms with van der Waals surface area (Å²) in [5, 5.41) is 13.3. The van der Waals surface area contributed by atoms with Crippen molar-refractivity contribution in [1.82, 2.24) is 0 Å². The molecule has 2 rings (SSSR count). The molecule has 0 aliphatic rings. The molecule has 0 aliphatic carbocycles. The van der Waals surface area contributed by atoms with Gasteiger partial charge in [0.05, 0.1) is 11.5 Å². The zero-order valence-corrected chi connectivity index (χ0v) is 14.8. The first-order chi connectivity index (χ1) is 12.4. The largest absolute Gasteiger partial charge is 0.494 e. The Morgan fingerprint density at radius 2 is 1.62 bits per heavy atom. The predicted molar refractivity (Wildman–Crippen MR) is 98.6 cm³/mol. The molecule has 2 aromatic rings. The highest BCUT2D eigenvalue weighted by Gasteiger charge is 2.07. The monoisotopic (exact) mass is 358 g/mol. The van der Waals surface area contributed by atoms with Gasteiger partial charge in [0.1, 0.15) is 11.5 Å². The molecule has 0 aliphatic heterocycles. The Kier molecular flexibility index (Phi) is 6.96. The van der Waals surface area contributed by atoms with Gasteiger partial charge in [-0.15, -0.1) is 0 Å². The predicted octanol–water partition coefficient (Wildman–Crippen LogP) is 4.04. The molecule has 1 amide bonds. The number of anilines is 1. The van der Waals surface area contributed by atoms with E-state index in [1.165, 1.54) is 24.3 Å². The Balaban J connectivity index is 1.77. The Bertz CT molecular complexity index is 727. The molecule has 7 heteroatoms. The number of hydrogen-bond acceptors (Lipinski definition) is 5. The minimum atomic E-state index is -0.493. The topological polar surface area (TPSA) is 90.7 Å². The minimum Gasteiger partial charge on any atom is -0.494 e. The first-order valence-electron chi connectivity index (χ1n) is 8.34. The normalized spacial score (nSPS) is 10.4. The average molecular weight is 358 g/mol. The molecule has 1 N–H and O–H groups in total. The molecule has 0 unspecified atom stereocenters. The number of nitro benzene ring substituents is 1. The summed E-state index contributed by atoms with van der Waals surface area (Å²) >= 11 is 0. The van der Waals surface area contributed by atoms with Crippen molar-refractivity contribution in [2.45, 2.75) is 20.3 Å². The lowest BCUT2D eigenvalue weighted by molar-refractivity contribution is -0.384. The van der Waals surface area contributed by atoms with E-state index in [0.717, 1.165) is 12.2 Å². The highest BCUT2D eigenvalue weighted by molar-refractivity contribution is 5.91. The van der Waals surface area contributed by atoms with Gasteiger partial charge < -0.3 is 14.8 Å². The van der Waals surface area contributed by atoms with Crippen molar-refractivity contribution in [2.75, 3.05) is 18.5 Å². The quantitative estimate of drug-likeness (QED) is 0.540. The second-order valence-electron chi connectivity index (χ2n) is 6.14. The van der Waals surface area contributed by atoms with Gasteiger partial charge in [-0.05, 0) is 48.7 Å². The van der Waals surface area contributed by atoms with Gasteiger partial charge in [-0.25, -0.2) is 0 Å². The number of nitrogens with zero attached hydrogens (tertiary/aromatic N) is 1. The lowest BCUT2D eigenvalue weighted by atomic mass is 10.1. The number of hydrogen-bond donors (Lipinski definition) is 1. The fourth-order valence-electron chi connectivity index (χ4n) is 2.06. The van der Waals surface area contributed by atoms with Crippen molar-refractivity contribution in [2.24, 2.45) is 5.92 Å². The van der Waals surface area contributed by atoms with Crippen LogP contribution in [0.3, 0.4) is 0 Å². The Morgan fingerprint density at radius 1 is 1.04 bits per heavy atom. The second-order valence-corrected chi connectivity index (χ2v) is 6.14. The first kappa shape index (κ1) is 19.2. The van der Waals surface area contributed by atoms with Crippen molar-refractivity contribution >= 4 is 17.3 Å². The van der Waals surface area contributed by atoms with Crippen LogP contribution in [-0.4, -0.2) is 24.0 Å². The van der Waals surface area contributed by atoms with E-state index in [1.807, 2.05) is 0 Å². The molecule has 26 heavy (non-hydrogen) atoms. The van der Waals surface area contributed by atoms with Crippen LogP contribution in [0.2, 0.25) is 0 Å². The van der Waals surface area contributed by atoms with Crippen molar-refractivity contribution in [3.63, 3.8) is 0 Å². The molecule has 0 saturated heterocycles. The van der Waals surface area contributed by atoms with E-state index in [-0.39, 0.29) is 18.2 Å². The maximum atomic E-state index is 11.9. The highest BCUT2D eigenvalue weighted by Crippen LogP contribution is 2.18. The van der Waals surface area contributed by atoms with E-state index in [1.54, 1.807) is 24.3 Å². The summed E-state index contributed by atoms with van der Waals surface area (Å²) in [6.07, 6.45) is 0.985. The van der Waals surface area contributed by atoms with E-state index in [0.29, 0.717) is 24.0 Å². The zero-order chi connectivity index (χ0) is 18.9. The van der Waals surface area contributed by atoms with Crippen LogP contribution < -0.4 is 14.8 Å². The molecule has 0 bridgehead atoms. The number of nitrogens with one attached hydrogen (secondary N) is 1. The molecular formula is C19H22N2O5. The third-order valence-corrected chi connectivity index (χ3v) is 3.52. The third kappa shape index (κ3) is 6.43. The molecule has 0 heterocycles. The van der Waals surface area contributed by atoms with Crippen LogP contribution in [0.25, 0.3) is 0 Å². The molecule has 0 fully saturated rings. The van der Waals surface area contributed by atoms with Crippen LogP contribution in [0.1, 0.15) is 20.3 Å². The van der Waals surface area contributed by atoms with Crippen molar-refractivity contribution in [1.29, 1.82) is 0 Å². The number of nitro groups is 1. The fourth-order valence-corrected chi connectivity index (χ4v) is 2.06. The van der Waals surface area contributed by atoms with Gasteiger partial charge in [-0.1, -0.05) is 13.8 Å². The van der Waals surface area contributed by atoms with Gasteiger partial charge in [-0.3, -0.25) is 14.9 Å². The van der Waals surface area contributed by atoms with Gasteiger partial charge in [-0.2, -0.15) is 0 Å². The second kappa shape index (κ2) is 9.41. The lowest BCUT2D eigenvalue weighted by Crippen LogP contribution is -2.20. The van der Waals surface area contributed by atoms with Gasteiger partial charge in [0.25, 0.3) is 11.6 Å². The van der Waals surface area contributed by atoms with Crippen LogP contribution in [0.4, 0.5) is 11.4 Å². The van der Waals surface area contributed by atoms with Crippen LogP contribution in [0.15, 0.2) is 48.5 Å². The summed E-state index contributed by atoms with van der Waals surface area (Å²) in [4.78, 5) is 22.0. The molecule has 7 nitrogen and oxygen atoms in total. The third-order valence-electron chi connectivity index (χ3n) is 3.52. The molecule has 0 spiro atoms. The molecule has 0 saturated carbocycles. The standard InChI is InChI=1S/C19H22N2O5/c1-14(2)11-12-25-17-7-3-15(4-8-17)20-19(22)13-26-18-9-5-16(6-10-18)21(23)24/h3-10,14H,11-13H2,1-2H3,(H,20,22). The summed E-state index contributed by atoms with van der Waals surface area (Å²) in [6, 6.07) is 12.7. The summed E-state index contributed by atoms with van der Waals surface area (Å²) in [6.45, 7) is 4.75. The Morgan fingerprint density at radius 3 is 2.19 bits per heavy atom. The number of amides is 1. The maximum absolute atomic E-state index is 11.9. The fraction of sp³-hybridized carbons (Fsp3) is 0.316. The molecule has 0 radical (unpaired) electrons.